The predicted molar refractivity (Wildman–Crippen MR) is 67.1 cm³/mol. The van der Waals surface area contributed by atoms with Crippen LogP contribution in [0.25, 0.3) is 5.65 Å². The molecule has 2 aromatic rings. The molecule has 5 heteroatoms. The Labute approximate surface area is 100 Å². The average Bonchev–Trinajstić information content (AvgIpc) is 2.71. The number of fused-ring (bicyclic) bond motifs is 1. The third-order valence-electron chi connectivity index (χ3n) is 2.71. The van der Waals surface area contributed by atoms with E-state index in [1.165, 1.54) is 0 Å². The van der Waals surface area contributed by atoms with Crippen LogP contribution in [-0.4, -0.2) is 32.9 Å². The molecule has 0 aromatic carbocycles. The molecule has 2 N–H and O–H groups in total. The summed E-state index contributed by atoms with van der Waals surface area (Å²) in [5.74, 6) is 0.598. The smallest absolute Gasteiger partial charge is 0.243 e. The van der Waals surface area contributed by atoms with Gasteiger partial charge in [0.15, 0.2) is 5.65 Å². The van der Waals surface area contributed by atoms with Gasteiger partial charge in [-0.2, -0.15) is 4.98 Å². The molecular weight excluding hydrogens is 216 g/mol. The Balaban J connectivity index is 2.18. The number of rotatable bonds is 4. The normalized spacial score (nSPS) is 12.0. The minimum absolute atomic E-state index is 0.131. The van der Waals surface area contributed by atoms with Crippen LogP contribution in [-0.2, 0) is 0 Å². The molecule has 17 heavy (non-hydrogen) atoms. The quantitative estimate of drug-likeness (QED) is 0.841. The highest BCUT2D eigenvalue weighted by Crippen LogP contribution is 2.15. The lowest BCUT2D eigenvalue weighted by molar-refractivity contribution is 0.170. The topological polar surface area (TPSA) is 62.5 Å². The highest BCUT2D eigenvalue weighted by molar-refractivity contribution is 5.49. The molecule has 2 aromatic heterocycles. The van der Waals surface area contributed by atoms with E-state index in [1.54, 1.807) is 4.52 Å². The SMILES string of the molecule is Cc1cccn2nc(NCC(C)(C)CO)nc12. The molecule has 0 amide bonds. The van der Waals surface area contributed by atoms with Gasteiger partial charge in [0.05, 0.1) is 0 Å². The monoisotopic (exact) mass is 234 g/mol. The van der Waals surface area contributed by atoms with Crippen molar-refractivity contribution in [3.63, 3.8) is 0 Å². The standard InChI is InChI=1S/C12H18N4O/c1-9-5-4-6-16-10(9)14-11(15-16)13-7-12(2,3)8-17/h4-6,17H,7-8H2,1-3H3,(H,13,15). The lowest BCUT2D eigenvalue weighted by Crippen LogP contribution is -2.27. The van der Waals surface area contributed by atoms with Gasteiger partial charge >= 0.3 is 0 Å². The molecular formula is C12H18N4O. The van der Waals surface area contributed by atoms with Crippen molar-refractivity contribution < 1.29 is 5.11 Å². The fourth-order valence-electron chi connectivity index (χ4n) is 1.49. The van der Waals surface area contributed by atoms with Crippen molar-refractivity contribution in [2.24, 2.45) is 5.41 Å². The van der Waals surface area contributed by atoms with Gasteiger partial charge in [0.2, 0.25) is 5.95 Å². The first-order valence-corrected chi connectivity index (χ1v) is 5.68. The highest BCUT2D eigenvalue weighted by atomic mass is 16.3. The van der Waals surface area contributed by atoms with E-state index in [2.05, 4.69) is 15.4 Å². The summed E-state index contributed by atoms with van der Waals surface area (Å²) in [7, 11) is 0. The van der Waals surface area contributed by atoms with Gasteiger partial charge in [0.1, 0.15) is 0 Å². The molecule has 0 atom stereocenters. The fourth-order valence-corrected chi connectivity index (χ4v) is 1.49. The molecule has 2 rings (SSSR count). The molecule has 2 heterocycles. The summed E-state index contributed by atoms with van der Waals surface area (Å²) in [6.45, 7) is 6.75. The molecule has 0 bridgehead atoms. The molecule has 0 aliphatic rings. The number of anilines is 1. The first-order valence-electron chi connectivity index (χ1n) is 5.68. The molecule has 92 valence electrons. The Morgan fingerprint density at radius 1 is 1.47 bits per heavy atom. The second-order valence-corrected chi connectivity index (χ2v) is 5.07. The van der Waals surface area contributed by atoms with E-state index < -0.39 is 0 Å². The minimum atomic E-state index is -0.174. The number of pyridine rings is 1. The van der Waals surface area contributed by atoms with Crippen molar-refractivity contribution in [1.29, 1.82) is 0 Å². The van der Waals surface area contributed by atoms with Gasteiger partial charge in [-0.25, -0.2) is 4.52 Å². The van der Waals surface area contributed by atoms with Gasteiger partial charge in [-0.1, -0.05) is 19.9 Å². The van der Waals surface area contributed by atoms with Gasteiger partial charge in [0, 0.05) is 24.8 Å². The lowest BCUT2D eigenvalue weighted by atomic mass is 9.95. The summed E-state index contributed by atoms with van der Waals surface area (Å²) < 4.78 is 1.75. The number of hydrogen-bond donors (Lipinski definition) is 2. The van der Waals surface area contributed by atoms with Gasteiger partial charge in [0.25, 0.3) is 0 Å². The Hall–Kier alpha value is -1.62. The molecule has 5 nitrogen and oxygen atoms in total. The molecule has 0 spiro atoms. The van der Waals surface area contributed by atoms with Gasteiger partial charge in [-0.3, -0.25) is 0 Å². The molecule has 0 fully saturated rings. The minimum Gasteiger partial charge on any atom is -0.396 e. The van der Waals surface area contributed by atoms with Crippen LogP contribution in [0.3, 0.4) is 0 Å². The zero-order valence-corrected chi connectivity index (χ0v) is 10.4. The predicted octanol–water partition coefficient (Wildman–Crippen LogP) is 1.47. The van der Waals surface area contributed by atoms with Crippen LogP contribution in [0.1, 0.15) is 19.4 Å². The maximum absolute atomic E-state index is 9.17. The second-order valence-electron chi connectivity index (χ2n) is 5.07. The third kappa shape index (κ3) is 2.55. The van der Waals surface area contributed by atoms with Crippen LogP contribution < -0.4 is 5.32 Å². The maximum atomic E-state index is 9.17. The summed E-state index contributed by atoms with van der Waals surface area (Å²) >= 11 is 0. The molecule has 0 saturated carbocycles. The van der Waals surface area contributed by atoms with Crippen LogP contribution in [0.2, 0.25) is 0 Å². The van der Waals surface area contributed by atoms with Crippen LogP contribution in [0.4, 0.5) is 5.95 Å². The Bertz CT molecular complexity index is 518. The third-order valence-corrected chi connectivity index (χ3v) is 2.71. The fraction of sp³-hybridized carbons (Fsp3) is 0.500. The van der Waals surface area contributed by atoms with E-state index in [1.807, 2.05) is 39.1 Å². The van der Waals surface area contributed by atoms with Crippen molar-refractivity contribution in [2.75, 3.05) is 18.5 Å². The van der Waals surface area contributed by atoms with E-state index in [0.29, 0.717) is 12.5 Å². The molecule has 0 aliphatic carbocycles. The van der Waals surface area contributed by atoms with Crippen LogP contribution in [0.5, 0.6) is 0 Å². The van der Waals surface area contributed by atoms with Crippen molar-refractivity contribution in [1.82, 2.24) is 14.6 Å². The van der Waals surface area contributed by atoms with Crippen molar-refractivity contribution >= 4 is 11.6 Å². The van der Waals surface area contributed by atoms with E-state index in [9.17, 15) is 0 Å². The summed E-state index contributed by atoms with van der Waals surface area (Å²) in [5, 5.41) is 16.6. The average molecular weight is 234 g/mol. The van der Waals surface area contributed by atoms with Crippen LogP contribution in [0.15, 0.2) is 18.3 Å². The molecule has 0 radical (unpaired) electrons. The Morgan fingerprint density at radius 3 is 2.88 bits per heavy atom. The molecule has 0 saturated heterocycles. The van der Waals surface area contributed by atoms with E-state index >= 15 is 0 Å². The number of nitrogens with zero attached hydrogens (tertiary/aromatic N) is 3. The summed E-state index contributed by atoms with van der Waals surface area (Å²) in [6.07, 6.45) is 1.87. The number of aliphatic hydroxyl groups excluding tert-OH is 1. The Morgan fingerprint density at radius 2 is 2.24 bits per heavy atom. The van der Waals surface area contributed by atoms with Crippen LogP contribution in [0, 0.1) is 12.3 Å². The summed E-state index contributed by atoms with van der Waals surface area (Å²) in [5.41, 5.74) is 1.78. The zero-order valence-electron chi connectivity index (χ0n) is 10.4. The van der Waals surface area contributed by atoms with Crippen molar-refractivity contribution in [3.8, 4) is 0 Å². The number of nitrogens with one attached hydrogen (secondary N) is 1. The first kappa shape index (κ1) is 11.9. The number of aliphatic hydroxyl groups is 1. The van der Waals surface area contributed by atoms with Crippen LogP contribution >= 0.6 is 0 Å². The van der Waals surface area contributed by atoms with Gasteiger partial charge in [-0.05, 0) is 18.6 Å². The Kier molecular flexibility index (Phi) is 3.02. The number of hydrogen-bond acceptors (Lipinski definition) is 4. The van der Waals surface area contributed by atoms with Gasteiger partial charge < -0.3 is 10.4 Å². The summed E-state index contributed by atoms with van der Waals surface area (Å²) in [4.78, 5) is 4.41. The number of aromatic nitrogens is 3. The molecule has 0 aliphatic heterocycles. The lowest BCUT2D eigenvalue weighted by Gasteiger charge is -2.20. The van der Waals surface area contributed by atoms with E-state index in [4.69, 9.17) is 5.11 Å². The highest BCUT2D eigenvalue weighted by Gasteiger charge is 2.17. The van der Waals surface area contributed by atoms with E-state index in [-0.39, 0.29) is 12.0 Å². The molecule has 0 unspecified atom stereocenters. The largest absolute Gasteiger partial charge is 0.396 e. The number of aryl methyl sites for hydroxylation is 1. The second kappa shape index (κ2) is 4.33. The van der Waals surface area contributed by atoms with E-state index in [0.717, 1.165) is 11.2 Å². The zero-order chi connectivity index (χ0) is 12.5. The summed E-state index contributed by atoms with van der Waals surface area (Å²) in [6, 6.07) is 3.95. The van der Waals surface area contributed by atoms with Gasteiger partial charge in [-0.15, -0.1) is 5.10 Å². The van der Waals surface area contributed by atoms with Crippen molar-refractivity contribution in [3.05, 3.63) is 23.9 Å². The van der Waals surface area contributed by atoms with Crippen molar-refractivity contribution in [2.45, 2.75) is 20.8 Å². The first-order chi connectivity index (χ1) is 8.02. The maximum Gasteiger partial charge on any atom is 0.243 e.